The Bertz CT molecular complexity index is 535. The first kappa shape index (κ1) is 12.5. The van der Waals surface area contributed by atoms with Gasteiger partial charge in [-0.3, -0.25) is 5.10 Å². The van der Waals surface area contributed by atoms with Crippen LogP contribution in [0.3, 0.4) is 0 Å². The molecule has 0 saturated heterocycles. The number of hydrogen-bond acceptors (Lipinski definition) is 3. The van der Waals surface area contributed by atoms with E-state index in [0.29, 0.717) is 5.82 Å². The number of methoxy groups -OCH3 is 1. The minimum Gasteiger partial charge on any atom is -0.497 e. The van der Waals surface area contributed by atoms with Gasteiger partial charge in [0.25, 0.3) is 0 Å². The third-order valence-electron chi connectivity index (χ3n) is 2.92. The number of ether oxygens (including phenoxy) is 1. The highest BCUT2D eigenvalue weighted by atomic mass is 16.5. The molecule has 0 bridgehead atoms. The van der Waals surface area contributed by atoms with Crippen LogP contribution in [0.1, 0.15) is 26.5 Å². The van der Waals surface area contributed by atoms with Gasteiger partial charge in [-0.1, -0.05) is 32.9 Å². The Morgan fingerprint density at radius 1 is 1.17 bits per heavy atom. The van der Waals surface area contributed by atoms with Crippen molar-refractivity contribution in [2.45, 2.75) is 26.2 Å². The van der Waals surface area contributed by atoms with Crippen molar-refractivity contribution in [3.63, 3.8) is 0 Å². The van der Waals surface area contributed by atoms with Crippen LogP contribution in [-0.4, -0.2) is 17.3 Å². The summed E-state index contributed by atoms with van der Waals surface area (Å²) in [6.45, 7) is 6.40. The monoisotopic (exact) mass is 245 g/mol. The molecule has 0 atom stereocenters. The average molecular weight is 245 g/mol. The van der Waals surface area contributed by atoms with E-state index in [2.05, 4.69) is 31.0 Å². The molecule has 3 N–H and O–H groups in total. The summed E-state index contributed by atoms with van der Waals surface area (Å²) in [4.78, 5) is 0. The van der Waals surface area contributed by atoms with Crippen molar-refractivity contribution in [2.24, 2.45) is 0 Å². The highest BCUT2D eigenvalue weighted by Gasteiger charge is 2.23. The van der Waals surface area contributed by atoms with E-state index in [1.807, 2.05) is 24.3 Å². The highest BCUT2D eigenvalue weighted by Crippen LogP contribution is 2.35. The first-order chi connectivity index (χ1) is 8.43. The van der Waals surface area contributed by atoms with Crippen LogP contribution in [0, 0.1) is 0 Å². The number of aromatic amines is 1. The van der Waals surface area contributed by atoms with E-state index in [-0.39, 0.29) is 5.41 Å². The zero-order valence-electron chi connectivity index (χ0n) is 11.2. The maximum absolute atomic E-state index is 5.97. The molecule has 0 aliphatic carbocycles. The molecule has 0 unspecified atom stereocenters. The molecular weight excluding hydrogens is 226 g/mol. The van der Waals surface area contributed by atoms with E-state index >= 15 is 0 Å². The second-order valence-corrected chi connectivity index (χ2v) is 5.34. The molecule has 0 aliphatic rings. The van der Waals surface area contributed by atoms with Crippen LogP contribution in [0.15, 0.2) is 24.3 Å². The van der Waals surface area contributed by atoms with E-state index < -0.39 is 0 Å². The summed E-state index contributed by atoms with van der Waals surface area (Å²) in [5, 5.41) is 7.16. The number of rotatable bonds is 2. The summed E-state index contributed by atoms with van der Waals surface area (Å²) < 4.78 is 5.16. The van der Waals surface area contributed by atoms with Gasteiger partial charge in [0, 0.05) is 11.0 Å². The van der Waals surface area contributed by atoms with Crippen LogP contribution in [0.2, 0.25) is 0 Å². The Morgan fingerprint density at radius 3 is 2.28 bits per heavy atom. The predicted molar refractivity (Wildman–Crippen MR) is 73.7 cm³/mol. The zero-order chi connectivity index (χ0) is 13.3. The Hall–Kier alpha value is -1.97. The lowest BCUT2D eigenvalue weighted by atomic mass is 9.87. The van der Waals surface area contributed by atoms with E-state index in [9.17, 15) is 0 Å². The molecule has 0 amide bonds. The summed E-state index contributed by atoms with van der Waals surface area (Å²) in [6.07, 6.45) is 0. The SMILES string of the molecule is COc1ccc(-c2c(N)n[nH]c2C(C)(C)C)cc1. The highest BCUT2D eigenvalue weighted by molar-refractivity contribution is 5.77. The fraction of sp³-hybridized carbons (Fsp3) is 0.357. The number of nitrogen functional groups attached to an aromatic ring is 1. The van der Waals surface area contributed by atoms with E-state index in [0.717, 1.165) is 22.6 Å². The number of hydrogen-bond donors (Lipinski definition) is 2. The molecule has 96 valence electrons. The normalized spacial score (nSPS) is 11.6. The number of H-pyrrole nitrogens is 1. The molecule has 1 heterocycles. The van der Waals surface area contributed by atoms with Crippen molar-refractivity contribution in [1.82, 2.24) is 10.2 Å². The minimum atomic E-state index is -0.0279. The fourth-order valence-corrected chi connectivity index (χ4v) is 1.95. The molecule has 1 aromatic carbocycles. The lowest BCUT2D eigenvalue weighted by Gasteiger charge is -2.18. The summed E-state index contributed by atoms with van der Waals surface area (Å²) in [5.74, 6) is 1.36. The van der Waals surface area contributed by atoms with Crippen molar-refractivity contribution in [3.8, 4) is 16.9 Å². The summed E-state index contributed by atoms with van der Waals surface area (Å²) in [6, 6.07) is 7.84. The van der Waals surface area contributed by atoms with Gasteiger partial charge in [-0.25, -0.2) is 0 Å². The summed E-state index contributed by atoms with van der Waals surface area (Å²) in [7, 11) is 1.65. The van der Waals surface area contributed by atoms with Gasteiger partial charge in [0.2, 0.25) is 0 Å². The van der Waals surface area contributed by atoms with Gasteiger partial charge >= 0.3 is 0 Å². The Morgan fingerprint density at radius 2 is 1.78 bits per heavy atom. The van der Waals surface area contributed by atoms with Gasteiger partial charge in [0.1, 0.15) is 5.75 Å². The van der Waals surface area contributed by atoms with E-state index in [1.54, 1.807) is 7.11 Å². The standard InChI is InChI=1S/C14H19N3O/c1-14(2,3)12-11(13(15)17-16-12)9-5-7-10(18-4)8-6-9/h5-8H,1-4H3,(H3,15,16,17). The number of anilines is 1. The van der Waals surface area contributed by atoms with Gasteiger partial charge in [-0.05, 0) is 17.7 Å². The smallest absolute Gasteiger partial charge is 0.153 e. The second kappa shape index (κ2) is 4.37. The van der Waals surface area contributed by atoms with Gasteiger partial charge < -0.3 is 10.5 Å². The van der Waals surface area contributed by atoms with Crippen LogP contribution in [-0.2, 0) is 5.41 Å². The van der Waals surface area contributed by atoms with Gasteiger partial charge in [-0.2, -0.15) is 5.10 Å². The Balaban J connectivity index is 2.52. The number of nitrogens with two attached hydrogens (primary N) is 1. The van der Waals surface area contributed by atoms with Crippen LogP contribution in [0.25, 0.3) is 11.1 Å². The maximum Gasteiger partial charge on any atom is 0.153 e. The molecule has 4 nitrogen and oxygen atoms in total. The summed E-state index contributed by atoms with van der Waals surface area (Å²) in [5.41, 5.74) is 9.01. The maximum atomic E-state index is 5.97. The fourth-order valence-electron chi connectivity index (χ4n) is 1.95. The zero-order valence-corrected chi connectivity index (χ0v) is 11.2. The molecule has 2 aromatic rings. The molecule has 18 heavy (non-hydrogen) atoms. The number of nitrogens with one attached hydrogen (secondary N) is 1. The topological polar surface area (TPSA) is 63.9 Å². The Labute approximate surface area is 107 Å². The van der Waals surface area contributed by atoms with Crippen LogP contribution >= 0.6 is 0 Å². The van der Waals surface area contributed by atoms with Crippen LogP contribution < -0.4 is 10.5 Å². The first-order valence-corrected chi connectivity index (χ1v) is 5.92. The van der Waals surface area contributed by atoms with Gasteiger partial charge in [-0.15, -0.1) is 0 Å². The van der Waals surface area contributed by atoms with Crippen molar-refractivity contribution < 1.29 is 4.74 Å². The molecule has 0 aliphatic heterocycles. The van der Waals surface area contributed by atoms with Crippen molar-refractivity contribution in [3.05, 3.63) is 30.0 Å². The van der Waals surface area contributed by atoms with E-state index in [1.165, 1.54) is 0 Å². The molecule has 0 saturated carbocycles. The molecule has 1 aromatic heterocycles. The van der Waals surface area contributed by atoms with Crippen molar-refractivity contribution >= 4 is 5.82 Å². The third kappa shape index (κ3) is 2.18. The van der Waals surface area contributed by atoms with Gasteiger partial charge in [0.05, 0.1) is 12.8 Å². The molecule has 0 spiro atoms. The number of benzene rings is 1. The van der Waals surface area contributed by atoms with Crippen molar-refractivity contribution in [1.29, 1.82) is 0 Å². The second-order valence-electron chi connectivity index (χ2n) is 5.34. The molecule has 2 rings (SSSR count). The first-order valence-electron chi connectivity index (χ1n) is 5.92. The lowest BCUT2D eigenvalue weighted by molar-refractivity contribution is 0.415. The number of aromatic nitrogens is 2. The molecular formula is C14H19N3O. The van der Waals surface area contributed by atoms with Crippen LogP contribution in [0.5, 0.6) is 5.75 Å². The summed E-state index contributed by atoms with van der Waals surface area (Å²) >= 11 is 0. The predicted octanol–water partition coefficient (Wildman–Crippen LogP) is 2.97. The molecule has 0 radical (unpaired) electrons. The quantitative estimate of drug-likeness (QED) is 0.855. The molecule has 0 fully saturated rings. The number of nitrogens with zero attached hydrogens (tertiary/aromatic N) is 1. The Kier molecular flexibility index (Phi) is 3.03. The lowest BCUT2D eigenvalue weighted by Crippen LogP contribution is -2.13. The third-order valence-corrected chi connectivity index (χ3v) is 2.92. The minimum absolute atomic E-state index is 0.0279. The largest absolute Gasteiger partial charge is 0.497 e. The van der Waals surface area contributed by atoms with E-state index in [4.69, 9.17) is 10.5 Å². The van der Waals surface area contributed by atoms with Crippen LogP contribution in [0.4, 0.5) is 5.82 Å². The van der Waals surface area contributed by atoms with Gasteiger partial charge in [0.15, 0.2) is 5.82 Å². The molecule has 4 heteroatoms. The average Bonchev–Trinajstić information content (AvgIpc) is 2.71. The van der Waals surface area contributed by atoms with Crippen molar-refractivity contribution in [2.75, 3.05) is 12.8 Å².